The number of hydrogen-bond acceptors (Lipinski definition) is 4. The van der Waals surface area contributed by atoms with Gasteiger partial charge in [0.25, 0.3) is 0 Å². The van der Waals surface area contributed by atoms with E-state index in [9.17, 15) is 4.79 Å². The van der Waals surface area contributed by atoms with Crippen molar-refractivity contribution in [3.05, 3.63) is 53.5 Å². The van der Waals surface area contributed by atoms with E-state index in [2.05, 4.69) is 26.8 Å². The van der Waals surface area contributed by atoms with Crippen LogP contribution < -0.4 is 5.73 Å². The number of anilines is 1. The topological polar surface area (TPSA) is 84.7 Å². The fraction of sp³-hybridized carbons (Fsp3) is 0.211. The molecule has 5 heteroatoms. The number of nitrogens with one attached hydrogen (secondary N) is 1. The van der Waals surface area contributed by atoms with Crippen molar-refractivity contribution in [3.63, 3.8) is 0 Å². The van der Waals surface area contributed by atoms with Gasteiger partial charge in [-0.2, -0.15) is 0 Å². The third-order valence-electron chi connectivity index (χ3n) is 3.62. The van der Waals surface area contributed by atoms with Gasteiger partial charge < -0.3 is 10.7 Å². The van der Waals surface area contributed by atoms with Crippen LogP contribution in [0, 0.1) is 17.8 Å². The number of aromatic amines is 1. The van der Waals surface area contributed by atoms with Gasteiger partial charge in [-0.3, -0.25) is 4.79 Å². The Balaban J connectivity index is 1.92. The molecule has 0 bridgehead atoms. The van der Waals surface area contributed by atoms with Crippen molar-refractivity contribution >= 4 is 22.6 Å². The number of benzene rings is 1. The molecular weight excluding hydrogens is 300 g/mol. The molecule has 3 N–H and O–H groups in total. The maximum Gasteiger partial charge on any atom is 0.163 e. The lowest BCUT2D eigenvalue weighted by atomic mass is 10.00. The lowest BCUT2D eigenvalue weighted by Crippen LogP contribution is -2.03. The summed E-state index contributed by atoms with van der Waals surface area (Å²) in [5.41, 5.74) is 8.77. The van der Waals surface area contributed by atoms with Crippen molar-refractivity contribution in [2.24, 2.45) is 5.92 Å². The summed E-state index contributed by atoms with van der Waals surface area (Å²) >= 11 is 0. The van der Waals surface area contributed by atoms with E-state index in [4.69, 9.17) is 5.73 Å². The van der Waals surface area contributed by atoms with Gasteiger partial charge in [-0.25, -0.2) is 9.97 Å². The first-order chi connectivity index (χ1) is 11.5. The molecule has 0 saturated carbocycles. The Morgan fingerprint density at radius 3 is 2.92 bits per heavy atom. The van der Waals surface area contributed by atoms with Crippen molar-refractivity contribution in [1.29, 1.82) is 0 Å². The van der Waals surface area contributed by atoms with Crippen LogP contribution in [0.5, 0.6) is 0 Å². The molecule has 0 atom stereocenters. The summed E-state index contributed by atoms with van der Waals surface area (Å²) in [6, 6.07) is 7.39. The smallest absolute Gasteiger partial charge is 0.163 e. The third-order valence-corrected chi connectivity index (χ3v) is 3.62. The third kappa shape index (κ3) is 3.28. The van der Waals surface area contributed by atoms with Gasteiger partial charge in [0.2, 0.25) is 0 Å². The minimum atomic E-state index is 0.137. The molecule has 0 saturated heterocycles. The highest BCUT2D eigenvalue weighted by Crippen LogP contribution is 2.20. The van der Waals surface area contributed by atoms with Gasteiger partial charge in [0.1, 0.15) is 17.8 Å². The fourth-order valence-electron chi connectivity index (χ4n) is 2.48. The van der Waals surface area contributed by atoms with E-state index in [1.807, 2.05) is 38.1 Å². The quantitative estimate of drug-likeness (QED) is 0.574. The Bertz CT molecular complexity index is 960. The van der Waals surface area contributed by atoms with Crippen LogP contribution in [0.1, 0.15) is 41.8 Å². The highest BCUT2D eigenvalue weighted by molar-refractivity contribution is 5.96. The number of hydrogen-bond donors (Lipinski definition) is 2. The van der Waals surface area contributed by atoms with Gasteiger partial charge in [0.15, 0.2) is 5.78 Å². The first kappa shape index (κ1) is 15.8. The summed E-state index contributed by atoms with van der Waals surface area (Å²) in [7, 11) is 0. The SMILES string of the molecule is CC(C)CC(=O)c1cccc(C#Cc2c[nH]c3ncnc(N)c23)c1. The maximum absolute atomic E-state index is 12.2. The van der Waals surface area contributed by atoms with Crippen LogP contribution in [0.4, 0.5) is 5.82 Å². The summed E-state index contributed by atoms with van der Waals surface area (Å²) < 4.78 is 0. The van der Waals surface area contributed by atoms with Crippen molar-refractivity contribution < 1.29 is 4.79 Å². The highest BCUT2D eigenvalue weighted by Gasteiger charge is 2.09. The molecule has 3 aromatic rings. The van der Waals surface area contributed by atoms with E-state index in [-0.39, 0.29) is 5.78 Å². The molecule has 0 aliphatic carbocycles. The zero-order chi connectivity index (χ0) is 17.1. The summed E-state index contributed by atoms with van der Waals surface area (Å²) in [6.45, 7) is 4.07. The molecule has 24 heavy (non-hydrogen) atoms. The summed E-state index contributed by atoms with van der Waals surface area (Å²) in [5.74, 6) is 7.03. The van der Waals surface area contributed by atoms with E-state index in [1.54, 1.807) is 6.20 Å². The van der Waals surface area contributed by atoms with Gasteiger partial charge >= 0.3 is 0 Å². The summed E-state index contributed by atoms with van der Waals surface area (Å²) in [6.07, 6.45) is 3.71. The second kappa shape index (κ2) is 6.55. The molecule has 0 spiro atoms. The maximum atomic E-state index is 12.2. The van der Waals surface area contributed by atoms with E-state index in [0.29, 0.717) is 29.4 Å². The van der Waals surface area contributed by atoms with E-state index < -0.39 is 0 Å². The summed E-state index contributed by atoms with van der Waals surface area (Å²) in [4.78, 5) is 23.3. The molecule has 5 nitrogen and oxygen atoms in total. The minimum absolute atomic E-state index is 0.137. The Morgan fingerprint density at radius 1 is 1.29 bits per heavy atom. The number of aromatic nitrogens is 3. The molecule has 0 aliphatic heterocycles. The second-order valence-corrected chi connectivity index (χ2v) is 6.04. The minimum Gasteiger partial charge on any atom is -0.383 e. The zero-order valence-electron chi connectivity index (χ0n) is 13.6. The number of ketones is 1. The zero-order valence-corrected chi connectivity index (χ0v) is 13.6. The van der Waals surface area contributed by atoms with Crippen molar-refractivity contribution in [1.82, 2.24) is 15.0 Å². The Hall–Kier alpha value is -3.13. The van der Waals surface area contributed by atoms with Crippen LogP contribution in [-0.2, 0) is 0 Å². The molecule has 3 rings (SSSR count). The molecule has 2 heterocycles. The number of carbonyl (C=O) groups is 1. The van der Waals surface area contributed by atoms with Gasteiger partial charge in [-0.15, -0.1) is 0 Å². The van der Waals surface area contributed by atoms with Gasteiger partial charge in [0.05, 0.1) is 10.9 Å². The number of nitrogen functional groups attached to an aromatic ring is 1. The molecule has 1 aromatic carbocycles. The van der Waals surface area contributed by atoms with E-state index in [1.165, 1.54) is 6.33 Å². The van der Waals surface area contributed by atoms with Crippen molar-refractivity contribution in [3.8, 4) is 11.8 Å². The molecule has 0 fully saturated rings. The van der Waals surface area contributed by atoms with Crippen molar-refractivity contribution in [2.45, 2.75) is 20.3 Å². The number of H-pyrrole nitrogens is 1. The van der Waals surface area contributed by atoms with Crippen LogP contribution in [-0.4, -0.2) is 20.7 Å². The van der Waals surface area contributed by atoms with Crippen LogP contribution in [0.15, 0.2) is 36.8 Å². The van der Waals surface area contributed by atoms with Gasteiger partial charge in [-0.05, 0) is 18.1 Å². The molecule has 0 amide bonds. The Kier molecular flexibility index (Phi) is 4.30. The first-order valence-corrected chi connectivity index (χ1v) is 7.77. The Labute approximate surface area is 140 Å². The number of fused-ring (bicyclic) bond motifs is 1. The van der Waals surface area contributed by atoms with E-state index in [0.717, 1.165) is 16.5 Å². The normalized spacial score (nSPS) is 10.6. The van der Waals surface area contributed by atoms with Crippen LogP contribution in [0.2, 0.25) is 0 Å². The number of nitrogens with zero attached hydrogens (tertiary/aromatic N) is 2. The molecule has 0 radical (unpaired) electrons. The number of rotatable bonds is 3. The Morgan fingerprint density at radius 2 is 2.12 bits per heavy atom. The number of Topliss-reactive ketones (excluding diaryl/α,β-unsaturated/α-hetero) is 1. The molecule has 2 aromatic heterocycles. The van der Waals surface area contributed by atoms with Gasteiger partial charge in [0, 0.05) is 23.7 Å². The molecular formula is C19H18N4O. The lowest BCUT2D eigenvalue weighted by Gasteiger charge is -2.04. The van der Waals surface area contributed by atoms with Crippen LogP contribution in [0.3, 0.4) is 0 Å². The number of nitrogens with two attached hydrogens (primary N) is 1. The first-order valence-electron chi connectivity index (χ1n) is 7.77. The van der Waals surface area contributed by atoms with Crippen molar-refractivity contribution in [2.75, 3.05) is 5.73 Å². The monoisotopic (exact) mass is 318 g/mol. The molecule has 120 valence electrons. The predicted octanol–water partition coefficient (Wildman–Crippen LogP) is 3.17. The number of carbonyl (C=O) groups excluding carboxylic acids is 1. The van der Waals surface area contributed by atoms with Crippen LogP contribution in [0.25, 0.3) is 11.0 Å². The fourth-order valence-corrected chi connectivity index (χ4v) is 2.48. The second-order valence-electron chi connectivity index (χ2n) is 6.04. The summed E-state index contributed by atoms with van der Waals surface area (Å²) in [5, 5.41) is 0.719. The molecule has 0 aliphatic rings. The largest absolute Gasteiger partial charge is 0.383 e. The standard InChI is InChI=1S/C19H18N4O/c1-12(2)8-16(24)14-5-3-4-13(9-14)6-7-15-10-21-19-17(15)18(20)22-11-23-19/h3-5,9-12H,8H2,1-2H3,(H3,20,21,22,23). The average molecular weight is 318 g/mol. The lowest BCUT2D eigenvalue weighted by molar-refractivity contribution is 0.0968. The van der Waals surface area contributed by atoms with Gasteiger partial charge in [-0.1, -0.05) is 37.8 Å². The predicted molar refractivity (Wildman–Crippen MR) is 94.5 cm³/mol. The highest BCUT2D eigenvalue weighted by atomic mass is 16.1. The average Bonchev–Trinajstić information content (AvgIpc) is 2.97. The van der Waals surface area contributed by atoms with E-state index >= 15 is 0 Å². The van der Waals surface area contributed by atoms with Crippen LogP contribution >= 0.6 is 0 Å². The molecule has 0 unspecified atom stereocenters.